The summed E-state index contributed by atoms with van der Waals surface area (Å²) in [5, 5.41) is 10.0. The van der Waals surface area contributed by atoms with Crippen LogP contribution >= 0.6 is 0 Å². The highest BCUT2D eigenvalue weighted by molar-refractivity contribution is 7.88. The molecule has 0 aromatic heterocycles. The zero-order valence-corrected chi connectivity index (χ0v) is 17.0. The van der Waals surface area contributed by atoms with Crippen LogP contribution in [0.1, 0.15) is 11.1 Å². The highest BCUT2D eigenvalue weighted by Crippen LogP contribution is 2.37. The van der Waals surface area contributed by atoms with Crippen LogP contribution in [0.25, 0.3) is 0 Å². The molecule has 3 rings (SSSR count). The van der Waals surface area contributed by atoms with Gasteiger partial charge in [0.15, 0.2) is 11.5 Å². The third kappa shape index (κ3) is 4.76. The first kappa shape index (κ1) is 20.4. The molecule has 8 heteroatoms. The van der Waals surface area contributed by atoms with E-state index in [9.17, 15) is 13.5 Å². The van der Waals surface area contributed by atoms with Crippen molar-refractivity contribution in [1.82, 2.24) is 9.21 Å². The lowest BCUT2D eigenvalue weighted by Gasteiger charge is -2.34. The van der Waals surface area contributed by atoms with Crippen molar-refractivity contribution in [3.63, 3.8) is 0 Å². The second kappa shape index (κ2) is 8.81. The summed E-state index contributed by atoms with van der Waals surface area (Å²) in [7, 11) is -0.337. The Labute approximate surface area is 166 Å². The molecular formula is C20H26N2O5S. The topological polar surface area (TPSA) is 79.3 Å². The van der Waals surface area contributed by atoms with Crippen LogP contribution in [0.5, 0.6) is 17.2 Å². The maximum Gasteiger partial charge on any atom is 0.218 e. The van der Waals surface area contributed by atoms with Crippen molar-refractivity contribution in [2.24, 2.45) is 0 Å². The van der Waals surface area contributed by atoms with Crippen molar-refractivity contribution in [3.8, 4) is 17.2 Å². The van der Waals surface area contributed by atoms with E-state index in [1.165, 1.54) is 14.2 Å². The van der Waals surface area contributed by atoms with E-state index in [1.54, 1.807) is 16.4 Å². The quantitative estimate of drug-likeness (QED) is 0.758. The van der Waals surface area contributed by atoms with Gasteiger partial charge < -0.3 is 14.6 Å². The highest BCUT2D eigenvalue weighted by Gasteiger charge is 2.27. The summed E-state index contributed by atoms with van der Waals surface area (Å²) in [5.74, 6) is 0.725. The maximum atomic E-state index is 12.7. The summed E-state index contributed by atoms with van der Waals surface area (Å²) in [6.45, 7) is 2.82. The number of hydrogen-bond acceptors (Lipinski definition) is 6. The van der Waals surface area contributed by atoms with Crippen molar-refractivity contribution in [3.05, 3.63) is 53.6 Å². The summed E-state index contributed by atoms with van der Waals surface area (Å²) in [5.41, 5.74) is 1.74. The first-order valence-electron chi connectivity index (χ1n) is 9.11. The van der Waals surface area contributed by atoms with Crippen LogP contribution in [0, 0.1) is 0 Å². The van der Waals surface area contributed by atoms with Crippen molar-refractivity contribution in [2.45, 2.75) is 12.3 Å². The SMILES string of the molecule is COc1cc(CN2CCN(S(=O)(=O)Cc3ccccc3)CC2)cc(OC)c1O. The van der Waals surface area contributed by atoms with E-state index in [4.69, 9.17) is 9.47 Å². The van der Waals surface area contributed by atoms with Gasteiger partial charge in [-0.3, -0.25) is 4.90 Å². The number of piperazine rings is 1. The average molecular weight is 407 g/mol. The minimum atomic E-state index is -3.33. The number of hydrogen-bond donors (Lipinski definition) is 1. The minimum absolute atomic E-state index is 0.0226. The lowest BCUT2D eigenvalue weighted by atomic mass is 10.1. The fourth-order valence-corrected chi connectivity index (χ4v) is 4.86. The van der Waals surface area contributed by atoms with Crippen LogP contribution in [0.15, 0.2) is 42.5 Å². The van der Waals surface area contributed by atoms with Crippen molar-refractivity contribution >= 4 is 10.0 Å². The standard InChI is InChI=1S/C20H26N2O5S/c1-26-18-12-17(13-19(27-2)20(18)23)14-21-8-10-22(11-9-21)28(24,25)15-16-6-4-3-5-7-16/h3-7,12-13,23H,8-11,14-15H2,1-2H3. The van der Waals surface area contributed by atoms with Crippen LogP contribution in [-0.4, -0.2) is 63.1 Å². The maximum absolute atomic E-state index is 12.7. The molecule has 1 aliphatic heterocycles. The van der Waals surface area contributed by atoms with Gasteiger partial charge in [0.05, 0.1) is 20.0 Å². The number of benzene rings is 2. The van der Waals surface area contributed by atoms with Gasteiger partial charge >= 0.3 is 0 Å². The van der Waals surface area contributed by atoms with Crippen molar-refractivity contribution in [1.29, 1.82) is 0 Å². The van der Waals surface area contributed by atoms with Gasteiger partial charge in [0.1, 0.15) is 0 Å². The number of nitrogens with zero attached hydrogens (tertiary/aromatic N) is 2. The third-order valence-corrected chi connectivity index (χ3v) is 6.71. The Kier molecular flexibility index (Phi) is 6.43. The number of phenols is 1. The average Bonchev–Trinajstić information content (AvgIpc) is 2.70. The molecule has 0 aliphatic carbocycles. The zero-order valence-electron chi connectivity index (χ0n) is 16.2. The Morgan fingerprint density at radius 3 is 2.04 bits per heavy atom. The van der Waals surface area contributed by atoms with Gasteiger partial charge in [-0.15, -0.1) is 0 Å². The number of rotatable bonds is 7. The van der Waals surface area contributed by atoms with Gasteiger partial charge in [0, 0.05) is 32.7 Å². The Bertz CT molecular complexity index is 869. The normalized spacial score (nSPS) is 16.1. The minimum Gasteiger partial charge on any atom is -0.502 e. The summed E-state index contributed by atoms with van der Waals surface area (Å²) >= 11 is 0. The van der Waals surface area contributed by atoms with Crippen LogP contribution in [0.3, 0.4) is 0 Å². The van der Waals surface area contributed by atoms with Gasteiger partial charge in [0.25, 0.3) is 0 Å². The van der Waals surface area contributed by atoms with E-state index in [-0.39, 0.29) is 11.5 Å². The molecule has 1 aliphatic rings. The number of ether oxygens (including phenoxy) is 2. The molecule has 0 atom stereocenters. The first-order chi connectivity index (χ1) is 13.4. The summed E-state index contributed by atoms with van der Waals surface area (Å²) in [6, 6.07) is 12.8. The van der Waals surface area contributed by atoms with E-state index in [0.29, 0.717) is 44.2 Å². The van der Waals surface area contributed by atoms with E-state index in [2.05, 4.69) is 4.90 Å². The molecule has 0 spiro atoms. The van der Waals surface area contributed by atoms with Crippen LogP contribution in [-0.2, 0) is 22.3 Å². The fourth-order valence-electron chi connectivity index (χ4n) is 3.34. The molecule has 0 unspecified atom stereocenters. The summed E-state index contributed by atoms with van der Waals surface area (Å²) < 4.78 is 37.3. The van der Waals surface area contributed by atoms with Crippen molar-refractivity contribution in [2.75, 3.05) is 40.4 Å². The molecule has 0 bridgehead atoms. The molecule has 152 valence electrons. The molecule has 0 amide bonds. The summed E-state index contributed by atoms with van der Waals surface area (Å²) in [4.78, 5) is 2.18. The van der Waals surface area contributed by atoms with Crippen LogP contribution < -0.4 is 9.47 Å². The van der Waals surface area contributed by atoms with Crippen LogP contribution in [0.2, 0.25) is 0 Å². The van der Waals surface area contributed by atoms with E-state index in [0.717, 1.165) is 11.1 Å². The molecule has 1 fully saturated rings. The number of phenolic OH excluding ortho intramolecular Hbond substituents is 1. The Balaban J connectivity index is 1.61. The van der Waals surface area contributed by atoms with Crippen LogP contribution in [0.4, 0.5) is 0 Å². The van der Waals surface area contributed by atoms with Gasteiger partial charge in [-0.2, -0.15) is 4.31 Å². The predicted octanol–water partition coefficient (Wildman–Crippen LogP) is 2.06. The van der Waals surface area contributed by atoms with Gasteiger partial charge in [-0.25, -0.2) is 8.42 Å². The predicted molar refractivity (Wildman–Crippen MR) is 107 cm³/mol. The number of sulfonamides is 1. The Morgan fingerprint density at radius 1 is 0.929 bits per heavy atom. The largest absolute Gasteiger partial charge is 0.502 e. The molecule has 0 saturated carbocycles. The second-order valence-electron chi connectivity index (χ2n) is 6.77. The Hall–Kier alpha value is -2.29. The highest BCUT2D eigenvalue weighted by atomic mass is 32.2. The van der Waals surface area contributed by atoms with E-state index < -0.39 is 10.0 Å². The number of aromatic hydroxyl groups is 1. The molecule has 28 heavy (non-hydrogen) atoms. The van der Waals surface area contributed by atoms with Gasteiger partial charge in [-0.1, -0.05) is 30.3 Å². The van der Waals surface area contributed by atoms with Gasteiger partial charge in [-0.05, 0) is 23.3 Å². The Morgan fingerprint density at radius 2 is 1.50 bits per heavy atom. The molecular weight excluding hydrogens is 380 g/mol. The number of methoxy groups -OCH3 is 2. The fraction of sp³-hybridized carbons (Fsp3) is 0.400. The molecule has 7 nitrogen and oxygen atoms in total. The molecule has 0 radical (unpaired) electrons. The lowest BCUT2D eigenvalue weighted by molar-refractivity contribution is 0.181. The summed E-state index contributed by atoms with van der Waals surface area (Å²) in [6.07, 6.45) is 0. The second-order valence-corrected chi connectivity index (χ2v) is 8.73. The monoisotopic (exact) mass is 406 g/mol. The van der Waals surface area contributed by atoms with E-state index >= 15 is 0 Å². The lowest BCUT2D eigenvalue weighted by Crippen LogP contribution is -2.48. The molecule has 1 heterocycles. The molecule has 2 aromatic carbocycles. The molecule has 1 N–H and O–H groups in total. The van der Waals surface area contributed by atoms with Crippen molar-refractivity contribution < 1.29 is 23.0 Å². The van der Waals surface area contributed by atoms with Gasteiger partial charge in [0.2, 0.25) is 15.8 Å². The molecule has 1 saturated heterocycles. The van der Waals surface area contributed by atoms with E-state index in [1.807, 2.05) is 30.3 Å². The molecule has 2 aromatic rings. The third-order valence-electron chi connectivity index (χ3n) is 4.86. The smallest absolute Gasteiger partial charge is 0.218 e. The zero-order chi connectivity index (χ0) is 20.1. The first-order valence-corrected chi connectivity index (χ1v) is 10.7.